The zero-order valence-electron chi connectivity index (χ0n) is 10.6. The number of hydrogen-bond donors (Lipinski definition) is 2. The van der Waals surface area contributed by atoms with Crippen LogP contribution in [-0.4, -0.2) is 25.2 Å². The van der Waals surface area contributed by atoms with Gasteiger partial charge in [0.1, 0.15) is 0 Å². The second-order valence-corrected chi connectivity index (χ2v) is 4.18. The van der Waals surface area contributed by atoms with E-state index in [9.17, 15) is 4.79 Å². The number of rotatable bonds is 6. The van der Waals surface area contributed by atoms with Crippen molar-refractivity contribution in [3.05, 3.63) is 35.4 Å². The van der Waals surface area contributed by atoms with Crippen LogP contribution in [0.2, 0.25) is 0 Å². The van der Waals surface area contributed by atoms with E-state index in [0.717, 1.165) is 5.56 Å². The van der Waals surface area contributed by atoms with Crippen LogP contribution in [0.25, 0.3) is 0 Å². The molecular weight excluding hydrogens is 216 g/mol. The number of ether oxygens (including phenoxy) is 1. The van der Waals surface area contributed by atoms with E-state index in [2.05, 4.69) is 12.2 Å². The number of benzene rings is 1. The molecule has 0 fully saturated rings. The van der Waals surface area contributed by atoms with Gasteiger partial charge in [-0.15, -0.1) is 0 Å². The number of nitrogens with one attached hydrogen (secondary N) is 1. The number of primary amides is 1. The Balaban J connectivity index is 2.57. The minimum absolute atomic E-state index is 0.148. The number of carbonyl (C=O) groups excluding carboxylic acids is 1. The van der Waals surface area contributed by atoms with E-state index in [-0.39, 0.29) is 12.1 Å². The molecule has 0 spiro atoms. The Bertz CT molecular complexity index is 379. The van der Waals surface area contributed by atoms with Gasteiger partial charge >= 0.3 is 0 Å². The lowest BCUT2D eigenvalue weighted by Crippen LogP contribution is -2.36. The van der Waals surface area contributed by atoms with Gasteiger partial charge in [0.2, 0.25) is 5.91 Å². The van der Waals surface area contributed by atoms with E-state index in [1.165, 1.54) is 0 Å². The predicted molar refractivity (Wildman–Crippen MR) is 67.7 cm³/mol. The maximum absolute atomic E-state index is 11.0. The van der Waals surface area contributed by atoms with Crippen molar-refractivity contribution in [1.29, 1.82) is 0 Å². The largest absolute Gasteiger partial charge is 0.380 e. The summed E-state index contributed by atoms with van der Waals surface area (Å²) in [5.41, 5.74) is 6.81. The lowest BCUT2D eigenvalue weighted by molar-refractivity contribution is 0.0882. The fourth-order valence-electron chi connectivity index (χ4n) is 1.48. The zero-order valence-corrected chi connectivity index (χ0v) is 10.6. The third-order valence-corrected chi connectivity index (χ3v) is 2.92. The summed E-state index contributed by atoms with van der Waals surface area (Å²) in [7, 11) is 1.69. The molecular formula is C13H20N2O2. The average molecular weight is 236 g/mol. The van der Waals surface area contributed by atoms with Crippen LogP contribution in [0, 0.1) is 0 Å². The second kappa shape index (κ2) is 6.37. The molecule has 2 unspecified atom stereocenters. The quantitative estimate of drug-likeness (QED) is 0.782. The molecule has 0 aliphatic carbocycles. The summed E-state index contributed by atoms with van der Waals surface area (Å²) in [5.74, 6) is -0.398. The Morgan fingerprint density at radius 2 is 2.18 bits per heavy atom. The summed E-state index contributed by atoms with van der Waals surface area (Å²) in [5, 5.41) is 3.34. The van der Waals surface area contributed by atoms with E-state index >= 15 is 0 Å². The van der Waals surface area contributed by atoms with Crippen molar-refractivity contribution in [2.24, 2.45) is 5.73 Å². The molecule has 0 saturated heterocycles. The van der Waals surface area contributed by atoms with Crippen LogP contribution in [0.4, 0.5) is 0 Å². The van der Waals surface area contributed by atoms with Crippen molar-refractivity contribution >= 4 is 5.91 Å². The molecule has 0 heterocycles. The third-order valence-electron chi connectivity index (χ3n) is 2.92. The number of carbonyl (C=O) groups is 1. The first kappa shape index (κ1) is 13.7. The summed E-state index contributed by atoms with van der Waals surface area (Å²) < 4.78 is 5.23. The van der Waals surface area contributed by atoms with Gasteiger partial charge in [-0.3, -0.25) is 4.79 Å². The van der Waals surface area contributed by atoms with Gasteiger partial charge in [-0.1, -0.05) is 12.1 Å². The van der Waals surface area contributed by atoms with Crippen molar-refractivity contribution in [1.82, 2.24) is 5.32 Å². The maximum Gasteiger partial charge on any atom is 0.248 e. The molecule has 17 heavy (non-hydrogen) atoms. The fraction of sp³-hybridized carbons (Fsp3) is 0.462. The molecule has 3 N–H and O–H groups in total. The van der Waals surface area contributed by atoms with Gasteiger partial charge in [0.25, 0.3) is 0 Å². The molecule has 1 amide bonds. The van der Waals surface area contributed by atoms with E-state index in [1.807, 2.05) is 19.1 Å². The second-order valence-electron chi connectivity index (χ2n) is 4.18. The highest BCUT2D eigenvalue weighted by atomic mass is 16.5. The van der Waals surface area contributed by atoms with Gasteiger partial charge in [0.15, 0.2) is 0 Å². The van der Waals surface area contributed by atoms with Crippen molar-refractivity contribution in [3.63, 3.8) is 0 Å². The van der Waals surface area contributed by atoms with Gasteiger partial charge in [0, 0.05) is 25.3 Å². The summed E-state index contributed by atoms with van der Waals surface area (Å²) in [4.78, 5) is 11.0. The summed E-state index contributed by atoms with van der Waals surface area (Å²) in [6.07, 6.45) is 0.148. The molecule has 0 aromatic heterocycles. The van der Waals surface area contributed by atoms with Crippen LogP contribution in [-0.2, 0) is 11.3 Å². The highest BCUT2D eigenvalue weighted by Gasteiger charge is 2.10. The molecule has 94 valence electrons. The minimum Gasteiger partial charge on any atom is -0.380 e. The molecule has 1 rings (SSSR count). The van der Waals surface area contributed by atoms with Gasteiger partial charge in [0.05, 0.1) is 6.10 Å². The zero-order chi connectivity index (χ0) is 12.8. The van der Waals surface area contributed by atoms with Crippen molar-refractivity contribution in [2.45, 2.75) is 32.5 Å². The van der Waals surface area contributed by atoms with Crippen LogP contribution >= 0.6 is 0 Å². The Hall–Kier alpha value is -1.39. The lowest BCUT2D eigenvalue weighted by Gasteiger charge is -2.20. The Morgan fingerprint density at radius 1 is 1.47 bits per heavy atom. The van der Waals surface area contributed by atoms with Gasteiger partial charge in [-0.2, -0.15) is 0 Å². The topological polar surface area (TPSA) is 64.3 Å². The molecule has 4 nitrogen and oxygen atoms in total. The number of nitrogens with two attached hydrogens (primary N) is 1. The summed E-state index contributed by atoms with van der Waals surface area (Å²) in [6, 6.07) is 7.56. The first-order valence-electron chi connectivity index (χ1n) is 5.69. The van der Waals surface area contributed by atoms with E-state index in [1.54, 1.807) is 19.2 Å². The van der Waals surface area contributed by atoms with Crippen molar-refractivity contribution in [3.8, 4) is 0 Å². The molecule has 0 aliphatic rings. The molecule has 0 aliphatic heterocycles. The number of methoxy groups -OCH3 is 1. The fourth-order valence-corrected chi connectivity index (χ4v) is 1.48. The monoisotopic (exact) mass is 236 g/mol. The Labute approximate surface area is 102 Å². The SMILES string of the molecule is COC(C)C(C)NCc1cccc(C(N)=O)c1. The molecule has 0 radical (unpaired) electrons. The third kappa shape index (κ3) is 4.17. The van der Waals surface area contributed by atoms with E-state index < -0.39 is 5.91 Å². The molecule has 1 aromatic carbocycles. The number of hydrogen-bond acceptors (Lipinski definition) is 3. The minimum atomic E-state index is -0.398. The van der Waals surface area contributed by atoms with Crippen LogP contribution in [0.1, 0.15) is 29.8 Å². The highest BCUT2D eigenvalue weighted by Crippen LogP contribution is 2.05. The molecule has 4 heteroatoms. The molecule has 0 bridgehead atoms. The van der Waals surface area contributed by atoms with Gasteiger partial charge < -0.3 is 15.8 Å². The van der Waals surface area contributed by atoms with Gasteiger partial charge in [-0.25, -0.2) is 0 Å². The summed E-state index contributed by atoms with van der Waals surface area (Å²) in [6.45, 7) is 4.76. The molecule has 1 aromatic rings. The lowest BCUT2D eigenvalue weighted by atomic mass is 10.1. The molecule has 2 atom stereocenters. The predicted octanol–water partition coefficient (Wildman–Crippen LogP) is 1.30. The van der Waals surface area contributed by atoms with Gasteiger partial charge in [-0.05, 0) is 31.5 Å². The normalized spacial score (nSPS) is 14.3. The Kier molecular flexibility index (Phi) is 5.12. The van der Waals surface area contributed by atoms with Crippen LogP contribution in [0.15, 0.2) is 24.3 Å². The van der Waals surface area contributed by atoms with Crippen LogP contribution < -0.4 is 11.1 Å². The van der Waals surface area contributed by atoms with Crippen molar-refractivity contribution < 1.29 is 9.53 Å². The Morgan fingerprint density at radius 3 is 2.76 bits per heavy atom. The first-order valence-corrected chi connectivity index (χ1v) is 5.69. The highest BCUT2D eigenvalue weighted by molar-refractivity contribution is 5.92. The first-order chi connectivity index (χ1) is 8.04. The summed E-state index contributed by atoms with van der Waals surface area (Å²) >= 11 is 0. The number of amides is 1. The molecule has 0 saturated carbocycles. The van der Waals surface area contributed by atoms with E-state index in [4.69, 9.17) is 10.5 Å². The maximum atomic E-state index is 11.0. The standard InChI is InChI=1S/C13H20N2O2/c1-9(10(2)17-3)15-8-11-5-4-6-12(7-11)13(14)16/h4-7,9-10,15H,8H2,1-3H3,(H2,14,16). The smallest absolute Gasteiger partial charge is 0.248 e. The van der Waals surface area contributed by atoms with Crippen LogP contribution in [0.3, 0.4) is 0 Å². The van der Waals surface area contributed by atoms with Crippen LogP contribution in [0.5, 0.6) is 0 Å². The average Bonchev–Trinajstić information content (AvgIpc) is 2.35. The van der Waals surface area contributed by atoms with Crippen molar-refractivity contribution in [2.75, 3.05) is 7.11 Å². The van der Waals surface area contributed by atoms with E-state index in [0.29, 0.717) is 12.1 Å².